The van der Waals surface area contributed by atoms with Gasteiger partial charge in [0.25, 0.3) is 5.91 Å². The fourth-order valence-corrected chi connectivity index (χ4v) is 2.01. The number of phenolic OH excluding ortho intramolecular Hbond substituents is 1. The van der Waals surface area contributed by atoms with Crippen molar-refractivity contribution in [2.45, 2.75) is 0 Å². The predicted molar refractivity (Wildman–Crippen MR) is 69.2 cm³/mol. The Bertz CT molecular complexity index is 546. The van der Waals surface area contributed by atoms with Crippen LogP contribution in [0.2, 0.25) is 0 Å². The lowest BCUT2D eigenvalue weighted by atomic mass is 10.3. The van der Waals surface area contributed by atoms with E-state index in [9.17, 15) is 4.79 Å². The van der Waals surface area contributed by atoms with Crippen LogP contribution in [-0.2, 0) is 7.05 Å². The molecule has 88 valence electrons. The maximum absolute atomic E-state index is 11.9. The van der Waals surface area contributed by atoms with Crippen molar-refractivity contribution in [3.8, 4) is 5.75 Å². The molecular weight excluding hydrogens is 284 g/mol. The second kappa shape index (κ2) is 4.63. The van der Waals surface area contributed by atoms with Gasteiger partial charge in [0, 0.05) is 23.4 Å². The molecule has 17 heavy (non-hydrogen) atoms. The van der Waals surface area contributed by atoms with E-state index in [2.05, 4.69) is 21.2 Å². The Morgan fingerprint density at radius 3 is 2.53 bits per heavy atom. The molecule has 0 atom stereocenters. The summed E-state index contributed by atoms with van der Waals surface area (Å²) in [6, 6.07) is 8.08. The van der Waals surface area contributed by atoms with Gasteiger partial charge >= 0.3 is 0 Å². The van der Waals surface area contributed by atoms with Gasteiger partial charge in [-0.25, -0.2) is 0 Å². The molecule has 0 spiro atoms. The molecule has 1 heterocycles. The molecule has 0 bridgehead atoms. The van der Waals surface area contributed by atoms with Crippen LogP contribution in [0.15, 0.2) is 41.0 Å². The summed E-state index contributed by atoms with van der Waals surface area (Å²) >= 11 is 3.31. The molecule has 2 N–H and O–H groups in total. The fourth-order valence-electron chi connectivity index (χ4n) is 1.49. The first-order chi connectivity index (χ1) is 8.06. The number of anilines is 1. The highest BCUT2D eigenvalue weighted by Gasteiger charge is 2.10. The third-order valence-electron chi connectivity index (χ3n) is 2.33. The molecule has 2 rings (SSSR count). The minimum absolute atomic E-state index is 0.171. The Labute approximate surface area is 107 Å². The molecule has 1 amide bonds. The Morgan fingerprint density at radius 1 is 1.35 bits per heavy atom. The van der Waals surface area contributed by atoms with E-state index in [1.807, 2.05) is 6.20 Å². The number of hydrogen-bond donors (Lipinski definition) is 2. The first-order valence-electron chi connectivity index (χ1n) is 4.98. The zero-order valence-electron chi connectivity index (χ0n) is 9.14. The number of rotatable bonds is 2. The van der Waals surface area contributed by atoms with E-state index in [1.165, 1.54) is 12.1 Å². The zero-order chi connectivity index (χ0) is 12.4. The topological polar surface area (TPSA) is 54.3 Å². The van der Waals surface area contributed by atoms with Gasteiger partial charge in [0.1, 0.15) is 11.4 Å². The lowest BCUT2D eigenvalue weighted by Gasteiger charge is -2.05. The largest absolute Gasteiger partial charge is 0.508 e. The molecule has 1 aromatic carbocycles. The van der Waals surface area contributed by atoms with E-state index in [0.717, 1.165) is 4.47 Å². The summed E-state index contributed by atoms with van der Waals surface area (Å²) < 4.78 is 2.59. The quantitative estimate of drug-likeness (QED) is 0.837. The predicted octanol–water partition coefficient (Wildman–Crippen LogP) is 2.75. The molecule has 5 heteroatoms. The van der Waals surface area contributed by atoms with Crippen molar-refractivity contribution < 1.29 is 9.90 Å². The number of aromatic hydroxyl groups is 1. The van der Waals surface area contributed by atoms with Crippen LogP contribution in [0.25, 0.3) is 0 Å². The smallest absolute Gasteiger partial charge is 0.272 e. The normalized spacial score (nSPS) is 10.2. The number of carbonyl (C=O) groups excluding carboxylic acids is 1. The van der Waals surface area contributed by atoms with E-state index < -0.39 is 0 Å². The maximum Gasteiger partial charge on any atom is 0.272 e. The number of phenols is 1. The Hall–Kier alpha value is -1.75. The minimum atomic E-state index is -0.191. The van der Waals surface area contributed by atoms with Gasteiger partial charge < -0.3 is 15.0 Å². The molecule has 2 aromatic rings. The number of amides is 1. The molecular formula is C12H11BrN2O2. The Balaban J connectivity index is 2.17. The van der Waals surface area contributed by atoms with E-state index >= 15 is 0 Å². The van der Waals surface area contributed by atoms with Crippen molar-refractivity contribution in [2.24, 2.45) is 7.05 Å². The molecule has 0 fully saturated rings. The van der Waals surface area contributed by atoms with Gasteiger partial charge in [-0.2, -0.15) is 0 Å². The van der Waals surface area contributed by atoms with Crippen LogP contribution in [0.1, 0.15) is 10.5 Å². The number of nitrogens with one attached hydrogen (secondary N) is 1. The molecule has 4 nitrogen and oxygen atoms in total. The summed E-state index contributed by atoms with van der Waals surface area (Å²) in [7, 11) is 1.80. The van der Waals surface area contributed by atoms with E-state index in [0.29, 0.717) is 11.4 Å². The van der Waals surface area contributed by atoms with E-state index in [-0.39, 0.29) is 11.7 Å². The van der Waals surface area contributed by atoms with Gasteiger partial charge in [-0.05, 0) is 46.3 Å². The highest BCUT2D eigenvalue weighted by atomic mass is 79.9. The monoisotopic (exact) mass is 294 g/mol. The second-order valence-electron chi connectivity index (χ2n) is 3.66. The van der Waals surface area contributed by atoms with Crippen molar-refractivity contribution in [3.05, 3.63) is 46.7 Å². The summed E-state index contributed by atoms with van der Waals surface area (Å²) in [4.78, 5) is 11.9. The molecule has 0 saturated carbocycles. The summed E-state index contributed by atoms with van der Waals surface area (Å²) in [5, 5.41) is 11.9. The van der Waals surface area contributed by atoms with Crippen LogP contribution >= 0.6 is 15.9 Å². The van der Waals surface area contributed by atoms with Gasteiger partial charge in [0.05, 0.1) is 0 Å². The summed E-state index contributed by atoms with van der Waals surface area (Å²) in [5.41, 5.74) is 1.20. The molecule has 0 unspecified atom stereocenters. The van der Waals surface area contributed by atoms with E-state index in [4.69, 9.17) is 5.11 Å². The summed E-state index contributed by atoms with van der Waals surface area (Å²) in [6.07, 6.45) is 1.81. The first kappa shape index (κ1) is 11.7. The minimum Gasteiger partial charge on any atom is -0.508 e. The van der Waals surface area contributed by atoms with Crippen LogP contribution in [0.3, 0.4) is 0 Å². The third-order valence-corrected chi connectivity index (χ3v) is 2.76. The highest BCUT2D eigenvalue weighted by Crippen LogP contribution is 2.17. The highest BCUT2D eigenvalue weighted by molar-refractivity contribution is 9.10. The molecule has 1 aromatic heterocycles. The first-order valence-corrected chi connectivity index (χ1v) is 5.78. The van der Waals surface area contributed by atoms with Crippen LogP contribution in [0.4, 0.5) is 5.69 Å². The molecule has 0 aliphatic carbocycles. The van der Waals surface area contributed by atoms with Crippen LogP contribution in [-0.4, -0.2) is 15.6 Å². The van der Waals surface area contributed by atoms with Gasteiger partial charge in [-0.1, -0.05) is 0 Å². The number of halogens is 1. The van der Waals surface area contributed by atoms with Gasteiger partial charge in [0.2, 0.25) is 0 Å². The van der Waals surface area contributed by atoms with E-state index in [1.54, 1.807) is 29.8 Å². The third kappa shape index (κ3) is 2.68. The Morgan fingerprint density at radius 2 is 2.00 bits per heavy atom. The lowest BCUT2D eigenvalue weighted by Crippen LogP contribution is -2.15. The molecule has 0 aliphatic heterocycles. The number of benzene rings is 1. The standard InChI is InChI=1S/C12H11BrN2O2/c1-15-7-8(13)6-11(15)12(17)14-9-2-4-10(16)5-3-9/h2-7,16H,1H3,(H,14,17). The maximum atomic E-state index is 11.9. The summed E-state index contributed by atoms with van der Waals surface area (Å²) in [5.74, 6) is -0.0199. The van der Waals surface area contributed by atoms with Gasteiger partial charge in [0.15, 0.2) is 0 Å². The van der Waals surface area contributed by atoms with Crippen LogP contribution in [0, 0.1) is 0 Å². The van der Waals surface area contributed by atoms with Gasteiger partial charge in [-0.3, -0.25) is 4.79 Å². The number of aryl methyl sites for hydroxylation is 1. The fraction of sp³-hybridized carbons (Fsp3) is 0.0833. The van der Waals surface area contributed by atoms with Crippen molar-refractivity contribution in [2.75, 3.05) is 5.32 Å². The average molecular weight is 295 g/mol. The number of aromatic nitrogens is 1. The number of hydrogen-bond acceptors (Lipinski definition) is 2. The zero-order valence-corrected chi connectivity index (χ0v) is 10.7. The van der Waals surface area contributed by atoms with Crippen molar-refractivity contribution in [1.29, 1.82) is 0 Å². The average Bonchev–Trinajstić information content (AvgIpc) is 2.61. The SMILES string of the molecule is Cn1cc(Br)cc1C(=O)Nc1ccc(O)cc1. The molecule has 0 saturated heterocycles. The summed E-state index contributed by atoms with van der Waals surface area (Å²) in [6.45, 7) is 0. The number of carbonyl (C=O) groups is 1. The number of nitrogens with zero attached hydrogens (tertiary/aromatic N) is 1. The molecule has 0 aliphatic rings. The van der Waals surface area contributed by atoms with Crippen molar-refractivity contribution in [1.82, 2.24) is 4.57 Å². The van der Waals surface area contributed by atoms with Gasteiger partial charge in [-0.15, -0.1) is 0 Å². The van der Waals surface area contributed by atoms with Crippen LogP contribution in [0.5, 0.6) is 5.75 Å². The van der Waals surface area contributed by atoms with Crippen LogP contribution < -0.4 is 5.32 Å². The lowest BCUT2D eigenvalue weighted by molar-refractivity contribution is 0.101. The molecule has 0 radical (unpaired) electrons. The Kier molecular flexibility index (Phi) is 3.19. The van der Waals surface area contributed by atoms with Crippen molar-refractivity contribution >= 4 is 27.5 Å². The van der Waals surface area contributed by atoms with Crippen molar-refractivity contribution in [3.63, 3.8) is 0 Å². The second-order valence-corrected chi connectivity index (χ2v) is 4.57.